The minimum Gasteiger partial charge on any atom is -0.496 e. The maximum absolute atomic E-state index is 5.62. The Labute approximate surface area is 151 Å². The molecule has 5 nitrogen and oxygen atoms in total. The highest BCUT2D eigenvalue weighted by Crippen LogP contribution is 2.32. The molecule has 0 spiro atoms. The third kappa shape index (κ3) is 5.11. The van der Waals surface area contributed by atoms with Gasteiger partial charge in [0.15, 0.2) is 5.96 Å². The van der Waals surface area contributed by atoms with Crippen molar-refractivity contribution in [3.63, 3.8) is 0 Å². The van der Waals surface area contributed by atoms with Crippen molar-refractivity contribution in [2.24, 2.45) is 10.9 Å². The van der Waals surface area contributed by atoms with Gasteiger partial charge in [0.2, 0.25) is 0 Å². The summed E-state index contributed by atoms with van der Waals surface area (Å²) in [6.07, 6.45) is 6.61. The summed E-state index contributed by atoms with van der Waals surface area (Å²) in [4.78, 5) is 6.94. The Hall–Kier alpha value is -1.75. The largest absolute Gasteiger partial charge is 0.496 e. The van der Waals surface area contributed by atoms with Gasteiger partial charge in [-0.1, -0.05) is 31.0 Å². The third-order valence-corrected chi connectivity index (χ3v) is 5.31. The van der Waals surface area contributed by atoms with Crippen molar-refractivity contribution in [2.45, 2.75) is 38.1 Å². The first-order valence-electron chi connectivity index (χ1n) is 9.63. The molecule has 1 aliphatic heterocycles. The summed E-state index contributed by atoms with van der Waals surface area (Å²) in [5, 5.41) is 6.99. The number of benzene rings is 1. The smallest absolute Gasteiger partial charge is 0.191 e. The molecule has 2 fully saturated rings. The Kier molecular flexibility index (Phi) is 6.56. The summed E-state index contributed by atoms with van der Waals surface area (Å²) in [5.41, 5.74) is 1.26. The fourth-order valence-electron chi connectivity index (χ4n) is 3.65. The van der Waals surface area contributed by atoms with E-state index in [2.05, 4.69) is 38.7 Å². The van der Waals surface area contributed by atoms with Crippen LogP contribution in [-0.2, 0) is 0 Å². The zero-order valence-electron chi connectivity index (χ0n) is 15.6. The van der Waals surface area contributed by atoms with Gasteiger partial charge < -0.3 is 15.4 Å². The summed E-state index contributed by atoms with van der Waals surface area (Å²) in [6, 6.07) is 8.69. The normalized spacial score (nSPS) is 19.7. The van der Waals surface area contributed by atoms with Crippen LogP contribution in [0.15, 0.2) is 29.3 Å². The molecule has 1 heterocycles. The number of rotatable bonds is 8. The van der Waals surface area contributed by atoms with E-state index in [1.807, 2.05) is 13.1 Å². The van der Waals surface area contributed by atoms with Gasteiger partial charge in [0.25, 0.3) is 0 Å². The number of para-hydroxylation sites is 1. The number of likely N-dealkylation sites (tertiary alicyclic amines) is 1. The van der Waals surface area contributed by atoms with E-state index in [1.54, 1.807) is 7.11 Å². The Balaban J connectivity index is 1.62. The van der Waals surface area contributed by atoms with Gasteiger partial charge in [-0.2, -0.15) is 0 Å². The molecule has 5 heteroatoms. The number of guanidine groups is 1. The van der Waals surface area contributed by atoms with Crippen molar-refractivity contribution < 1.29 is 4.74 Å². The molecule has 2 aliphatic rings. The number of methoxy groups -OCH3 is 1. The molecule has 25 heavy (non-hydrogen) atoms. The minimum absolute atomic E-state index is 0.306. The van der Waals surface area contributed by atoms with E-state index in [9.17, 15) is 0 Å². The van der Waals surface area contributed by atoms with Crippen LogP contribution in [0, 0.1) is 5.92 Å². The predicted molar refractivity (Wildman–Crippen MR) is 103 cm³/mol. The second-order valence-electron chi connectivity index (χ2n) is 7.11. The maximum Gasteiger partial charge on any atom is 0.191 e. The van der Waals surface area contributed by atoms with Crippen LogP contribution in [0.2, 0.25) is 0 Å². The van der Waals surface area contributed by atoms with Gasteiger partial charge in [-0.05, 0) is 44.3 Å². The van der Waals surface area contributed by atoms with Gasteiger partial charge in [-0.3, -0.25) is 9.89 Å². The van der Waals surface area contributed by atoms with Crippen molar-refractivity contribution in [3.8, 4) is 5.75 Å². The lowest BCUT2D eigenvalue weighted by atomic mass is 10.0. The third-order valence-electron chi connectivity index (χ3n) is 5.31. The van der Waals surface area contributed by atoms with Gasteiger partial charge in [0, 0.05) is 25.7 Å². The van der Waals surface area contributed by atoms with E-state index in [1.165, 1.54) is 37.7 Å². The fraction of sp³-hybridized carbons (Fsp3) is 0.650. The zero-order chi connectivity index (χ0) is 17.5. The van der Waals surface area contributed by atoms with E-state index in [-0.39, 0.29) is 0 Å². The molecule has 0 bridgehead atoms. The summed E-state index contributed by atoms with van der Waals surface area (Å²) in [5.74, 6) is 2.81. The molecule has 1 aromatic rings. The summed E-state index contributed by atoms with van der Waals surface area (Å²) < 4.78 is 5.62. The fourth-order valence-corrected chi connectivity index (χ4v) is 3.65. The molecule has 3 rings (SSSR count). The molecule has 1 saturated carbocycles. The van der Waals surface area contributed by atoms with Crippen LogP contribution in [0.3, 0.4) is 0 Å². The van der Waals surface area contributed by atoms with Crippen LogP contribution in [0.1, 0.15) is 43.7 Å². The predicted octanol–water partition coefficient (Wildman–Crippen LogP) is 2.80. The Morgan fingerprint density at radius 1 is 1.24 bits per heavy atom. The van der Waals surface area contributed by atoms with Crippen LogP contribution >= 0.6 is 0 Å². The first kappa shape index (κ1) is 18.1. The Morgan fingerprint density at radius 2 is 2.00 bits per heavy atom. The highest BCUT2D eigenvalue weighted by Gasteiger charge is 2.26. The van der Waals surface area contributed by atoms with Crippen molar-refractivity contribution >= 4 is 5.96 Å². The van der Waals surface area contributed by atoms with E-state index in [0.717, 1.165) is 43.8 Å². The number of hydrogen-bond acceptors (Lipinski definition) is 3. The molecule has 1 aliphatic carbocycles. The number of nitrogens with one attached hydrogen (secondary N) is 2. The highest BCUT2D eigenvalue weighted by atomic mass is 16.5. The van der Waals surface area contributed by atoms with Crippen molar-refractivity contribution in [3.05, 3.63) is 29.8 Å². The Bertz CT molecular complexity index is 565. The van der Waals surface area contributed by atoms with Crippen molar-refractivity contribution in [1.29, 1.82) is 0 Å². The Morgan fingerprint density at radius 3 is 2.68 bits per heavy atom. The topological polar surface area (TPSA) is 48.9 Å². The first-order chi connectivity index (χ1) is 12.3. The molecule has 138 valence electrons. The lowest BCUT2D eigenvalue weighted by Gasteiger charge is -2.30. The molecule has 0 aromatic heterocycles. The SMILES string of the molecule is CN=C(NCCC1CC1)NCC(c1ccccc1OC)N1CCCC1. The van der Waals surface area contributed by atoms with Gasteiger partial charge in [0.1, 0.15) is 5.75 Å². The van der Waals surface area contributed by atoms with Crippen molar-refractivity contribution in [2.75, 3.05) is 40.3 Å². The summed E-state index contributed by atoms with van der Waals surface area (Å²) in [6.45, 7) is 4.15. The zero-order valence-corrected chi connectivity index (χ0v) is 15.6. The van der Waals surface area contributed by atoms with Crippen LogP contribution < -0.4 is 15.4 Å². The molecule has 2 N–H and O–H groups in total. The van der Waals surface area contributed by atoms with E-state index in [0.29, 0.717) is 6.04 Å². The monoisotopic (exact) mass is 344 g/mol. The first-order valence-corrected chi connectivity index (χ1v) is 9.63. The molecule has 1 atom stereocenters. The van der Waals surface area contributed by atoms with Crippen LogP contribution in [0.25, 0.3) is 0 Å². The summed E-state index contributed by atoms with van der Waals surface area (Å²) in [7, 11) is 3.60. The van der Waals surface area contributed by atoms with Gasteiger partial charge >= 0.3 is 0 Å². The number of ether oxygens (including phenoxy) is 1. The minimum atomic E-state index is 0.306. The maximum atomic E-state index is 5.62. The lowest BCUT2D eigenvalue weighted by molar-refractivity contribution is 0.239. The second kappa shape index (κ2) is 9.09. The van der Waals surface area contributed by atoms with E-state index < -0.39 is 0 Å². The average Bonchev–Trinajstić information content (AvgIpc) is 3.32. The molecular weight excluding hydrogens is 312 g/mol. The van der Waals surface area contributed by atoms with Crippen LogP contribution in [0.4, 0.5) is 0 Å². The quantitative estimate of drug-likeness (QED) is 0.562. The molecular formula is C20H32N4O. The van der Waals surface area contributed by atoms with Gasteiger partial charge in [-0.25, -0.2) is 0 Å². The molecule has 0 amide bonds. The highest BCUT2D eigenvalue weighted by molar-refractivity contribution is 5.79. The molecule has 0 radical (unpaired) electrons. The summed E-state index contributed by atoms with van der Waals surface area (Å²) >= 11 is 0. The van der Waals surface area contributed by atoms with Crippen molar-refractivity contribution in [1.82, 2.24) is 15.5 Å². The van der Waals surface area contributed by atoms with Crippen LogP contribution in [-0.4, -0.2) is 51.2 Å². The molecule has 1 saturated heterocycles. The van der Waals surface area contributed by atoms with E-state index in [4.69, 9.17) is 4.74 Å². The van der Waals surface area contributed by atoms with Crippen LogP contribution in [0.5, 0.6) is 5.75 Å². The molecule has 1 aromatic carbocycles. The van der Waals surface area contributed by atoms with Gasteiger partial charge in [-0.15, -0.1) is 0 Å². The number of nitrogens with zero attached hydrogens (tertiary/aromatic N) is 2. The average molecular weight is 345 g/mol. The van der Waals surface area contributed by atoms with Gasteiger partial charge in [0.05, 0.1) is 13.2 Å². The van der Waals surface area contributed by atoms with E-state index >= 15 is 0 Å². The number of aliphatic imine (C=N–C) groups is 1. The second-order valence-corrected chi connectivity index (χ2v) is 7.11. The molecule has 1 unspecified atom stereocenters. The standard InChI is InChI=1S/C20H32N4O/c1-21-20(22-12-11-16-9-10-16)23-15-18(24-13-5-6-14-24)17-7-3-4-8-19(17)25-2/h3-4,7-8,16,18H,5-6,9-15H2,1-2H3,(H2,21,22,23). The number of hydrogen-bond donors (Lipinski definition) is 2. The lowest BCUT2D eigenvalue weighted by Crippen LogP contribution is -2.43.